The molecule has 0 aromatic heterocycles. The van der Waals surface area contributed by atoms with Crippen molar-refractivity contribution in [2.45, 2.75) is 235 Å². The van der Waals surface area contributed by atoms with Gasteiger partial charge in [0.2, 0.25) is 0 Å². The lowest BCUT2D eigenvalue weighted by Gasteiger charge is -2.71. The lowest BCUT2D eigenvalue weighted by atomic mass is 9.33. The van der Waals surface area contributed by atoms with Crippen molar-refractivity contribution < 1.29 is 109 Å². The largest absolute Gasteiger partial charge is 0.481 e. The SMILES string of the molecule is C[C@@H]1O[C@H](O[C@@H]2CO[C@@H](O[C@H]3CC[C@@]4(C)[C@@H](CC[C@]5(C)[C@@H]4CC=C4[C@@H]6CC(C)(C)CC[C@]6(C(=O)O)CC[C@]45C)[C@]3(C)CO)[C@H](O)[C@H]2O)[C@H](O)[C@H](O)[C@H]1O[C@@H]1O[C@H](CO[C@@H]2O[C@H](CO)[C@@H](O)[C@H](O)[C@H]2O)[C@@H](O)[C@H](O)[C@H]1O. The van der Waals surface area contributed by atoms with Crippen LogP contribution in [0.1, 0.15) is 113 Å². The van der Waals surface area contributed by atoms with Gasteiger partial charge in [0, 0.05) is 5.41 Å². The number of hydrogen-bond donors (Lipinski definition) is 13. The maximum absolute atomic E-state index is 13.1. The summed E-state index contributed by atoms with van der Waals surface area (Å²) in [6, 6.07) is 0. The second kappa shape index (κ2) is 21.1. The Morgan fingerprint density at radius 1 is 0.640 bits per heavy atom. The van der Waals surface area contributed by atoms with Gasteiger partial charge in [-0.2, -0.15) is 0 Å². The lowest BCUT2D eigenvalue weighted by molar-refractivity contribution is -0.374. The number of carboxylic acid groups (broad SMARTS) is 1. The molecular weight excluding hydrogens is 989 g/mol. The lowest BCUT2D eigenvalue weighted by Crippen LogP contribution is -2.67. The van der Waals surface area contributed by atoms with Crippen LogP contribution in [0, 0.1) is 50.2 Å². The summed E-state index contributed by atoms with van der Waals surface area (Å²) in [7, 11) is 0. The topological polar surface area (TPSA) is 354 Å². The highest BCUT2D eigenvalue weighted by atomic mass is 16.8. The van der Waals surface area contributed by atoms with E-state index in [-0.39, 0.29) is 52.6 Å². The molecule has 4 saturated heterocycles. The number of hydrogen-bond acceptors (Lipinski definition) is 21. The van der Waals surface area contributed by atoms with Gasteiger partial charge in [0.1, 0.15) is 85.5 Å². The van der Waals surface area contributed by atoms with Crippen molar-refractivity contribution in [1.29, 1.82) is 0 Å². The van der Waals surface area contributed by atoms with Crippen molar-refractivity contribution in [2.75, 3.05) is 26.4 Å². The van der Waals surface area contributed by atoms with E-state index in [1.54, 1.807) is 0 Å². The Morgan fingerprint density at radius 3 is 1.92 bits per heavy atom. The van der Waals surface area contributed by atoms with E-state index in [9.17, 15) is 71.2 Å². The molecule has 22 nitrogen and oxygen atoms in total. The molecule has 28 atom stereocenters. The van der Waals surface area contributed by atoms with Gasteiger partial charge in [-0.1, -0.05) is 53.2 Å². The molecule has 0 unspecified atom stereocenters. The first-order valence-corrected chi connectivity index (χ1v) is 27.3. The van der Waals surface area contributed by atoms with Crippen LogP contribution in [0.3, 0.4) is 0 Å². The molecule has 9 rings (SSSR count). The third-order valence-corrected chi connectivity index (χ3v) is 21.2. The highest BCUT2D eigenvalue weighted by Crippen LogP contribution is 2.76. The molecule has 9 aliphatic rings. The Labute approximate surface area is 437 Å². The van der Waals surface area contributed by atoms with Gasteiger partial charge in [-0.05, 0) is 111 Å². The Kier molecular flexibility index (Phi) is 16.3. The number of aliphatic hydroxyl groups is 12. The summed E-state index contributed by atoms with van der Waals surface area (Å²) in [5, 5.41) is 140. The molecule has 8 fully saturated rings. The summed E-state index contributed by atoms with van der Waals surface area (Å²) in [5.41, 5.74) is -0.590. The number of allylic oxidation sites excluding steroid dienone is 2. The zero-order valence-corrected chi connectivity index (χ0v) is 44.2. The normalized spacial score (nSPS) is 54.9. The molecule has 0 spiro atoms. The van der Waals surface area contributed by atoms with Crippen LogP contribution >= 0.6 is 0 Å². The predicted octanol–water partition coefficient (Wildman–Crippen LogP) is -0.830. The fraction of sp³-hybridized carbons (Fsp3) is 0.943. The first kappa shape index (κ1) is 58.1. The van der Waals surface area contributed by atoms with E-state index in [1.165, 1.54) is 12.5 Å². The molecule has 5 aliphatic carbocycles. The summed E-state index contributed by atoms with van der Waals surface area (Å²) < 4.78 is 46.8. The summed E-state index contributed by atoms with van der Waals surface area (Å²) in [5.74, 6) is -0.382. The van der Waals surface area contributed by atoms with E-state index < -0.39 is 153 Å². The summed E-state index contributed by atoms with van der Waals surface area (Å²) in [6.45, 7) is 13.4. The zero-order chi connectivity index (χ0) is 54.7. The van der Waals surface area contributed by atoms with Gasteiger partial charge in [-0.15, -0.1) is 0 Å². The van der Waals surface area contributed by atoms with E-state index in [2.05, 4.69) is 40.7 Å². The van der Waals surface area contributed by atoms with Crippen LogP contribution < -0.4 is 0 Å². The Morgan fingerprint density at radius 2 is 1.25 bits per heavy atom. The van der Waals surface area contributed by atoms with Crippen LogP contribution in [-0.2, 0) is 42.7 Å². The van der Waals surface area contributed by atoms with E-state index in [1.807, 2.05) is 6.92 Å². The molecule has 0 radical (unpaired) electrons. The van der Waals surface area contributed by atoms with Crippen LogP contribution in [0.25, 0.3) is 0 Å². The standard InChI is InChI=1S/C53H86O22/c1-23-42(75-46-40(64)36(60)33(57)27(73-46)20-68-43-39(63)35(59)32(56)26(19-54)71-43)37(61)41(65)45(70-23)72-28-21-69-44(38(62)34(28)58)74-31-11-12-49(4)29(50(31,5)22-55)10-13-52(7)30(49)9-8-24-25-18-48(2,3)14-16-53(25,47(66)67)17-15-51(24,52)6/h8,23,25-46,54-65H,9-22H2,1-7H3,(H,66,67)/t23-,25-,26+,27+,28+,29+,30+,31-,32+,33+,34-,35-,36-,37-,38+,39+,40+,41+,42-,43+,44-,45+,46-,49-,50-,51+,52+,53-/m0/s1. The number of aliphatic hydroxyl groups excluding tert-OH is 12. The van der Waals surface area contributed by atoms with Crippen molar-refractivity contribution in [2.24, 2.45) is 50.2 Å². The van der Waals surface area contributed by atoms with Crippen molar-refractivity contribution in [3.8, 4) is 0 Å². The predicted molar refractivity (Wildman–Crippen MR) is 257 cm³/mol. The molecule has 4 heterocycles. The van der Waals surface area contributed by atoms with Gasteiger partial charge in [0.15, 0.2) is 25.2 Å². The van der Waals surface area contributed by atoms with Gasteiger partial charge in [-0.3, -0.25) is 4.79 Å². The second-order valence-electron chi connectivity index (χ2n) is 25.7. The number of fused-ring (bicyclic) bond motifs is 7. The van der Waals surface area contributed by atoms with E-state index in [4.69, 9.17) is 37.9 Å². The first-order valence-electron chi connectivity index (χ1n) is 27.3. The fourth-order valence-corrected chi connectivity index (χ4v) is 16.2. The Hall–Kier alpha value is -1.59. The van der Waals surface area contributed by atoms with Crippen molar-refractivity contribution >= 4 is 5.97 Å². The smallest absolute Gasteiger partial charge is 0.310 e. The summed E-state index contributed by atoms with van der Waals surface area (Å²) in [4.78, 5) is 13.1. The number of aliphatic carboxylic acids is 1. The van der Waals surface area contributed by atoms with E-state index >= 15 is 0 Å². The highest BCUT2D eigenvalue weighted by molar-refractivity contribution is 5.76. The summed E-state index contributed by atoms with van der Waals surface area (Å²) in [6.07, 6.45) is -20.9. The third kappa shape index (κ3) is 9.50. The Balaban J connectivity index is 0.810. The molecule has 0 aromatic rings. The maximum atomic E-state index is 13.1. The fourth-order valence-electron chi connectivity index (χ4n) is 16.2. The van der Waals surface area contributed by atoms with Crippen LogP contribution in [0.15, 0.2) is 11.6 Å². The minimum atomic E-state index is -1.90. The van der Waals surface area contributed by atoms with Gasteiger partial charge in [0.05, 0.1) is 44.1 Å². The molecule has 13 N–H and O–H groups in total. The number of rotatable bonds is 12. The van der Waals surface area contributed by atoms with Crippen LogP contribution in [0.4, 0.5) is 0 Å². The number of carboxylic acids is 1. The molecule has 0 bridgehead atoms. The molecule has 0 amide bonds. The van der Waals surface area contributed by atoms with Crippen LogP contribution in [0.5, 0.6) is 0 Å². The van der Waals surface area contributed by atoms with E-state index in [0.29, 0.717) is 19.3 Å². The van der Waals surface area contributed by atoms with Gasteiger partial charge >= 0.3 is 5.97 Å². The first-order chi connectivity index (χ1) is 35.1. The molecule has 430 valence electrons. The van der Waals surface area contributed by atoms with Gasteiger partial charge in [-0.25, -0.2) is 0 Å². The molecule has 4 saturated carbocycles. The van der Waals surface area contributed by atoms with Crippen molar-refractivity contribution in [1.82, 2.24) is 0 Å². The maximum Gasteiger partial charge on any atom is 0.310 e. The molecule has 22 heteroatoms. The second-order valence-corrected chi connectivity index (χ2v) is 25.7. The Bertz CT molecular complexity index is 2060. The zero-order valence-electron chi connectivity index (χ0n) is 44.2. The van der Waals surface area contributed by atoms with Crippen molar-refractivity contribution in [3.05, 3.63) is 11.6 Å². The molecule has 4 aliphatic heterocycles. The quantitative estimate of drug-likeness (QED) is 0.0838. The molecule has 0 aromatic carbocycles. The summed E-state index contributed by atoms with van der Waals surface area (Å²) >= 11 is 0. The molecule has 75 heavy (non-hydrogen) atoms. The minimum absolute atomic E-state index is 0.00676. The third-order valence-electron chi connectivity index (χ3n) is 21.2. The highest BCUT2D eigenvalue weighted by Gasteiger charge is 2.70. The van der Waals surface area contributed by atoms with Crippen LogP contribution in [-0.4, -0.2) is 222 Å². The van der Waals surface area contributed by atoms with E-state index in [0.717, 1.165) is 44.9 Å². The number of carbonyl (C=O) groups is 1. The minimum Gasteiger partial charge on any atom is -0.481 e. The molecular formula is C53H86O22. The average molecular weight is 1080 g/mol. The van der Waals surface area contributed by atoms with Crippen molar-refractivity contribution in [3.63, 3.8) is 0 Å². The van der Waals surface area contributed by atoms with Gasteiger partial charge < -0.3 is 104 Å². The monoisotopic (exact) mass is 1070 g/mol. The van der Waals surface area contributed by atoms with Gasteiger partial charge in [0.25, 0.3) is 0 Å². The number of ether oxygens (including phenoxy) is 8. The average Bonchev–Trinajstić information content (AvgIpc) is 3.36. The van der Waals surface area contributed by atoms with Crippen LogP contribution in [0.2, 0.25) is 0 Å².